The predicted molar refractivity (Wildman–Crippen MR) is 133 cm³/mol. The topological polar surface area (TPSA) is 53.9 Å². The van der Waals surface area contributed by atoms with Crippen LogP contribution < -0.4 is 15.1 Å². The van der Waals surface area contributed by atoms with Gasteiger partial charge in [0.15, 0.2) is 0 Å². The van der Waals surface area contributed by atoms with Crippen LogP contribution in [0.2, 0.25) is 0 Å². The molecule has 3 rings (SSSR count). The van der Waals surface area contributed by atoms with Crippen LogP contribution in [0.3, 0.4) is 0 Å². The van der Waals surface area contributed by atoms with Gasteiger partial charge in [0.1, 0.15) is 5.75 Å². The van der Waals surface area contributed by atoms with Crippen LogP contribution in [0, 0.1) is 3.57 Å². The van der Waals surface area contributed by atoms with Crippen molar-refractivity contribution in [3.05, 3.63) is 62.7 Å². The second-order valence-electron chi connectivity index (χ2n) is 8.27. The molecule has 0 aliphatic carbocycles. The maximum absolute atomic E-state index is 12.4. The predicted octanol–water partition coefficient (Wildman–Crippen LogP) is 5.47. The average Bonchev–Trinajstić information content (AvgIpc) is 2.67. The van der Waals surface area contributed by atoms with Crippen molar-refractivity contribution in [3.63, 3.8) is 0 Å². The smallest absolute Gasteiger partial charge is 0.271 e. The summed E-state index contributed by atoms with van der Waals surface area (Å²) >= 11 is 2.17. The number of nitrogens with one attached hydrogen (secondary N) is 1. The number of carbonyl (C=O) groups is 1. The molecule has 0 bridgehead atoms. The number of hydrazone groups is 1. The maximum Gasteiger partial charge on any atom is 0.271 e. The lowest BCUT2D eigenvalue weighted by Crippen LogP contribution is -2.49. The number of rotatable bonds is 5. The molecule has 0 saturated heterocycles. The van der Waals surface area contributed by atoms with Gasteiger partial charge in [-0.1, -0.05) is 12.1 Å². The van der Waals surface area contributed by atoms with Crippen LogP contribution in [-0.2, 0) is 0 Å². The van der Waals surface area contributed by atoms with E-state index in [0.29, 0.717) is 17.4 Å². The van der Waals surface area contributed by atoms with Crippen LogP contribution in [0.25, 0.3) is 5.57 Å². The fourth-order valence-electron chi connectivity index (χ4n) is 4.12. The zero-order valence-electron chi connectivity index (χ0n) is 18.3. The zero-order chi connectivity index (χ0) is 22.1. The molecule has 1 heterocycles. The highest BCUT2D eigenvalue weighted by atomic mass is 127. The van der Waals surface area contributed by atoms with Gasteiger partial charge in [-0.25, -0.2) is 5.43 Å². The van der Waals surface area contributed by atoms with Crippen molar-refractivity contribution in [2.24, 2.45) is 5.10 Å². The van der Waals surface area contributed by atoms with E-state index in [0.717, 1.165) is 9.13 Å². The summed E-state index contributed by atoms with van der Waals surface area (Å²) in [4.78, 5) is 14.8. The average molecular weight is 517 g/mol. The summed E-state index contributed by atoms with van der Waals surface area (Å²) < 4.78 is 6.23. The molecule has 1 aliphatic rings. The number of benzene rings is 2. The summed E-state index contributed by atoms with van der Waals surface area (Å²) in [7, 11) is 1.59. The fourth-order valence-corrected chi connectivity index (χ4v) is 4.68. The molecule has 6 heteroatoms. The molecule has 0 aromatic heterocycles. The highest BCUT2D eigenvalue weighted by Crippen LogP contribution is 2.40. The highest BCUT2D eigenvalue weighted by Gasteiger charge is 2.32. The van der Waals surface area contributed by atoms with Gasteiger partial charge in [0.25, 0.3) is 5.91 Å². The van der Waals surface area contributed by atoms with Crippen LogP contribution >= 0.6 is 22.6 Å². The van der Waals surface area contributed by atoms with Crippen molar-refractivity contribution < 1.29 is 9.53 Å². The van der Waals surface area contributed by atoms with Gasteiger partial charge in [-0.3, -0.25) is 4.79 Å². The number of anilines is 1. The van der Waals surface area contributed by atoms with Crippen molar-refractivity contribution in [1.29, 1.82) is 0 Å². The molecule has 2 aromatic rings. The second kappa shape index (κ2) is 8.79. The molecule has 5 nitrogen and oxygen atoms in total. The van der Waals surface area contributed by atoms with E-state index in [1.54, 1.807) is 25.5 Å². The minimum Gasteiger partial charge on any atom is -0.496 e. The molecular weight excluding hydrogens is 489 g/mol. The summed E-state index contributed by atoms with van der Waals surface area (Å²) in [6.07, 6.45) is 3.98. The minimum absolute atomic E-state index is 0.0383. The zero-order valence-corrected chi connectivity index (χ0v) is 20.4. The van der Waals surface area contributed by atoms with Gasteiger partial charge in [0, 0.05) is 22.9 Å². The Kier molecular flexibility index (Phi) is 6.55. The second-order valence-corrected chi connectivity index (χ2v) is 9.43. The van der Waals surface area contributed by atoms with Gasteiger partial charge in [-0.2, -0.15) is 5.10 Å². The summed E-state index contributed by atoms with van der Waals surface area (Å²) in [5, 5.41) is 4.15. The third kappa shape index (κ3) is 4.53. The number of methoxy groups -OCH3 is 1. The largest absolute Gasteiger partial charge is 0.496 e. The third-order valence-electron chi connectivity index (χ3n) is 5.21. The van der Waals surface area contributed by atoms with E-state index in [1.165, 1.54) is 16.8 Å². The van der Waals surface area contributed by atoms with Gasteiger partial charge in [0.2, 0.25) is 0 Å². The first-order valence-electron chi connectivity index (χ1n) is 9.94. The van der Waals surface area contributed by atoms with Gasteiger partial charge in [-0.15, -0.1) is 0 Å². The minimum atomic E-state index is -0.275. The third-order valence-corrected chi connectivity index (χ3v) is 6.10. The fraction of sp³-hybridized carbons (Fsp3) is 0.333. The molecule has 30 heavy (non-hydrogen) atoms. The van der Waals surface area contributed by atoms with E-state index in [2.05, 4.69) is 90.8 Å². The molecule has 158 valence electrons. The van der Waals surface area contributed by atoms with Gasteiger partial charge < -0.3 is 9.64 Å². The highest BCUT2D eigenvalue weighted by molar-refractivity contribution is 14.1. The number of hydrogen-bond donors (Lipinski definition) is 1. The van der Waals surface area contributed by atoms with E-state index in [9.17, 15) is 4.79 Å². The number of allylic oxidation sites excluding steroid dienone is 1. The first-order valence-corrected chi connectivity index (χ1v) is 11.0. The van der Waals surface area contributed by atoms with E-state index < -0.39 is 0 Å². The number of fused-ring (bicyclic) bond motifs is 1. The molecule has 0 spiro atoms. The summed E-state index contributed by atoms with van der Waals surface area (Å²) in [5.74, 6) is 0.393. The molecule has 1 aliphatic heterocycles. The van der Waals surface area contributed by atoms with Crippen molar-refractivity contribution in [2.75, 3.05) is 12.0 Å². The SMILES string of the molecule is COc1cc(C(=O)N/N=C/c2ccc3c(c2)C(C)=CC(C)(C)N3C(C)C)ccc1I. The van der Waals surface area contributed by atoms with Crippen LogP contribution in [0.1, 0.15) is 56.1 Å². The lowest BCUT2D eigenvalue weighted by molar-refractivity contribution is 0.0954. The first kappa shape index (κ1) is 22.3. The van der Waals surface area contributed by atoms with E-state index in [1.807, 2.05) is 12.1 Å². The van der Waals surface area contributed by atoms with Crippen LogP contribution in [-0.4, -0.2) is 30.8 Å². The molecule has 2 aromatic carbocycles. The molecule has 1 amide bonds. The Balaban J connectivity index is 1.79. The Morgan fingerprint density at radius 1 is 1.23 bits per heavy atom. The molecule has 0 saturated carbocycles. The number of amides is 1. The quantitative estimate of drug-likeness (QED) is 0.325. The van der Waals surface area contributed by atoms with Gasteiger partial charge in [0.05, 0.1) is 22.4 Å². The van der Waals surface area contributed by atoms with Gasteiger partial charge in [-0.05, 0) is 98.7 Å². The Labute approximate surface area is 192 Å². The van der Waals surface area contributed by atoms with E-state index >= 15 is 0 Å². The maximum atomic E-state index is 12.4. The van der Waals surface area contributed by atoms with Crippen molar-refractivity contribution in [3.8, 4) is 5.75 Å². The van der Waals surface area contributed by atoms with Crippen LogP contribution in [0.4, 0.5) is 5.69 Å². The van der Waals surface area contributed by atoms with Crippen molar-refractivity contribution >= 4 is 46.0 Å². The molecule has 0 radical (unpaired) electrons. The van der Waals surface area contributed by atoms with Crippen LogP contribution in [0.5, 0.6) is 5.75 Å². The van der Waals surface area contributed by atoms with Gasteiger partial charge >= 0.3 is 0 Å². The first-order chi connectivity index (χ1) is 14.1. The summed E-state index contributed by atoms with van der Waals surface area (Å²) in [5.41, 5.74) is 7.66. The summed E-state index contributed by atoms with van der Waals surface area (Å²) in [6, 6.07) is 12.0. The Hall–Kier alpha value is -2.35. The van der Waals surface area contributed by atoms with E-state index in [-0.39, 0.29) is 11.4 Å². The number of nitrogens with zero attached hydrogens (tertiary/aromatic N) is 2. The number of carbonyl (C=O) groups excluding carboxylic acids is 1. The monoisotopic (exact) mass is 517 g/mol. The van der Waals surface area contributed by atoms with Crippen LogP contribution in [0.15, 0.2) is 47.6 Å². The summed E-state index contributed by atoms with van der Waals surface area (Å²) in [6.45, 7) is 11.0. The number of ether oxygens (including phenoxy) is 1. The Morgan fingerprint density at radius 3 is 2.63 bits per heavy atom. The van der Waals surface area contributed by atoms with E-state index in [4.69, 9.17) is 4.74 Å². The molecule has 0 atom stereocenters. The Bertz CT molecular complexity index is 1030. The molecule has 0 fully saturated rings. The molecule has 0 unspecified atom stereocenters. The molecular formula is C24H28IN3O2. The number of halogens is 1. The van der Waals surface area contributed by atoms with Crippen molar-refractivity contribution in [1.82, 2.24) is 5.43 Å². The standard InChI is InChI=1S/C24H28IN3O2/c1-15(2)28-21-10-7-17(11-19(21)16(3)13-24(28,4)5)14-26-27-23(29)18-8-9-20(25)22(12-18)30-6/h7-15H,1-6H3,(H,27,29)/b26-14+. The number of hydrogen-bond acceptors (Lipinski definition) is 4. The van der Waals surface area contributed by atoms with Crippen molar-refractivity contribution in [2.45, 2.75) is 46.2 Å². The lowest BCUT2D eigenvalue weighted by atomic mass is 9.87. The lowest BCUT2D eigenvalue weighted by Gasteiger charge is -2.46. The normalized spacial score (nSPS) is 15.2. The Morgan fingerprint density at radius 2 is 1.97 bits per heavy atom. The molecule has 1 N–H and O–H groups in total.